The Kier molecular flexibility index (Phi) is 10.3. The first-order valence-corrected chi connectivity index (χ1v) is 16.4. The van der Waals surface area contributed by atoms with Gasteiger partial charge in [-0.25, -0.2) is 0 Å². The minimum Gasteiger partial charge on any atom is -0.341 e. The van der Waals surface area contributed by atoms with E-state index in [-0.39, 0.29) is 34.2 Å². The zero-order valence-corrected chi connectivity index (χ0v) is 29.1. The maximum atomic E-state index is 5.38. The van der Waals surface area contributed by atoms with Gasteiger partial charge in [-0.2, -0.15) is 15.0 Å². The van der Waals surface area contributed by atoms with E-state index in [4.69, 9.17) is 15.0 Å². The number of hydrogen-bond donors (Lipinski definition) is 2. The summed E-state index contributed by atoms with van der Waals surface area (Å²) in [6.07, 6.45) is 6.30. The molecule has 8 heteroatoms. The van der Waals surface area contributed by atoms with Crippen LogP contribution in [0.1, 0.15) is 135 Å². The monoisotopic (exact) mass is 573 g/mol. The molecule has 1 aromatic heterocycles. The molecule has 236 valence electrons. The first-order chi connectivity index (χ1) is 18.8. The maximum absolute atomic E-state index is 5.38. The molecule has 0 saturated carbocycles. The molecule has 0 amide bonds. The van der Waals surface area contributed by atoms with Gasteiger partial charge in [0, 0.05) is 59.4 Å². The largest absolute Gasteiger partial charge is 0.341 e. The summed E-state index contributed by atoms with van der Waals surface area (Å²) in [7, 11) is 0. The number of piperidine rings is 2. The summed E-state index contributed by atoms with van der Waals surface area (Å²) < 4.78 is 0. The fourth-order valence-corrected chi connectivity index (χ4v) is 8.13. The van der Waals surface area contributed by atoms with Crippen molar-refractivity contribution in [1.29, 1.82) is 0 Å². The summed E-state index contributed by atoms with van der Waals surface area (Å²) >= 11 is 0. The van der Waals surface area contributed by atoms with Gasteiger partial charge in [-0.3, -0.25) is 0 Å². The van der Waals surface area contributed by atoms with Crippen molar-refractivity contribution in [1.82, 2.24) is 25.6 Å². The van der Waals surface area contributed by atoms with E-state index >= 15 is 0 Å². The van der Waals surface area contributed by atoms with Crippen LogP contribution in [0.3, 0.4) is 0 Å². The molecule has 0 aliphatic carbocycles. The smallest absolute Gasteiger partial charge is 0.232 e. The third-order valence-corrected chi connectivity index (χ3v) is 8.57. The number of hydrogen-bond acceptors (Lipinski definition) is 8. The standard InChI is InChI=1S/C33H64N8/c1-15-17-39(18-16-2)27-34-28(40(23(3)4)25-19-30(7,8)37-31(9,10)20-25)36-29(35-27)41(24(5)6)26-21-32(11,12)38-33(13,14)22-26/h23-26,37-38H,15-22H2,1-14H3. The van der Waals surface area contributed by atoms with Crippen molar-refractivity contribution in [2.45, 2.75) is 182 Å². The molecule has 3 heterocycles. The van der Waals surface area contributed by atoms with E-state index in [2.05, 4.69) is 122 Å². The lowest BCUT2D eigenvalue weighted by Crippen LogP contribution is -2.63. The van der Waals surface area contributed by atoms with Crippen molar-refractivity contribution in [2.24, 2.45) is 0 Å². The molecule has 2 fully saturated rings. The molecule has 2 saturated heterocycles. The number of nitrogens with one attached hydrogen (secondary N) is 2. The molecule has 0 atom stereocenters. The predicted molar refractivity (Wildman–Crippen MR) is 176 cm³/mol. The van der Waals surface area contributed by atoms with E-state index in [1.54, 1.807) is 0 Å². The molecule has 1 aromatic rings. The SMILES string of the molecule is CCCN(CCC)c1nc(N(C(C)C)C2CC(C)(C)NC(C)(C)C2)nc(N(C(C)C)C2CC(C)(C)NC(C)(C)C2)n1. The van der Waals surface area contributed by atoms with Gasteiger partial charge in [-0.15, -0.1) is 0 Å². The average molecular weight is 573 g/mol. The number of anilines is 3. The van der Waals surface area contributed by atoms with Crippen molar-refractivity contribution >= 4 is 17.8 Å². The van der Waals surface area contributed by atoms with Gasteiger partial charge in [0.1, 0.15) is 0 Å². The molecular formula is C33H64N8. The summed E-state index contributed by atoms with van der Waals surface area (Å²) in [5.41, 5.74) is 0.131. The summed E-state index contributed by atoms with van der Waals surface area (Å²) in [6, 6.07) is 1.20. The molecule has 3 rings (SSSR count). The zero-order valence-electron chi connectivity index (χ0n) is 29.1. The first kappa shape index (κ1) is 33.8. The second kappa shape index (κ2) is 12.5. The minimum atomic E-state index is 0.0327. The minimum absolute atomic E-state index is 0.0327. The average Bonchev–Trinajstić information content (AvgIpc) is 2.74. The molecule has 0 aromatic carbocycles. The highest BCUT2D eigenvalue weighted by Crippen LogP contribution is 2.37. The highest BCUT2D eigenvalue weighted by atomic mass is 15.4. The summed E-state index contributed by atoms with van der Waals surface area (Å²) in [5.74, 6) is 2.48. The predicted octanol–water partition coefficient (Wildman–Crippen LogP) is 6.55. The third-order valence-electron chi connectivity index (χ3n) is 8.57. The van der Waals surface area contributed by atoms with Crippen molar-refractivity contribution in [2.75, 3.05) is 27.8 Å². The van der Waals surface area contributed by atoms with Crippen LogP contribution >= 0.6 is 0 Å². The second-order valence-corrected chi connectivity index (χ2v) is 16.1. The van der Waals surface area contributed by atoms with Gasteiger partial charge < -0.3 is 25.3 Å². The van der Waals surface area contributed by atoms with Gasteiger partial charge in [-0.05, 0) is 122 Å². The van der Waals surface area contributed by atoms with E-state index in [9.17, 15) is 0 Å². The van der Waals surface area contributed by atoms with Crippen LogP contribution in [-0.2, 0) is 0 Å². The number of rotatable bonds is 11. The lowest BCUT2D eigenvalue weighted by molar-refractivity contribution is 0.154. The quantitative estimate of drug-likeness (QED) is 0.309. The summed E-state index contributed by atoms with van der Waals surface area (Å²) in [5, 5.41) is 7.74. The fraction of sp³-hybridized carbons (Fsp3) is 0.909. The number of nitrogens with zero attached hydrogens (tertiary/aromatic N) is 6. The molecule has 2 aliphatic rings. The van der Waals surface area contributed by atoms with Crippen LogP contribution < -0.4 is 25.3 Å². The third kappa shape index (κ3) is 8.68. The van der Waals surface area contributed by atoms with Crippen molar-refractivity contribution in [3.63, 3.8) is 0 Å². The van der Waals surface area contributed by atoms with Crippen LogP contribution in [0.5, 0.6) is 0 Å². The Morgan fingerprint density at radius 3 is 1.15 bits per heavy atom. The molecule has 41 heavy (non-hydrogen) atoms. The highest BCUT2D eigenvalue weighted by molar-refractivity contribution is 5.49. The van der Waals surface area contributed by atoms with Gasteiger partial charge >= 0.3 is 0 Å². The summed E-state index contributed by atoms with van der Waals surface area (Å²) in [6.45, 7) is 34.2. The lowest BCUT2D eigenvalue weighted by Gasteiger charge is -2.51. The van der Waals surface area contributed by atoms with Gasteiger partial charge in [0.25, 0.3) is 0 Å². The molecule has 0 unspecified atom stereocenters. The Labute approximate surface area is 252 Å². The molecule has 0 spiro atoms. The van der Waals surface area contributed by atoms with Crippen LogP contribution in [0, 0.1) is 0 Å². The van der Waals surface area contributed by atoms with Crippen LogP contribution in [0.4, 0.5) is 17.8 Å². The van der Waals surface area contributed by atoms with Crippen LogP contribution in [0.25, 0.3) is 0 Å². The summed E-state index contributed by atoms with van der Waals surface area (Å²) in [4.78, 5) is 23.3. The van der Waals surface area contributed by atoms with E-state index in [1.807, 2.05) is 0 Å². The van der Waals surface area contributed by atoms with Gasteiger partial charge in [-0.1, -0.05) is 13.8 Å². The molecular weight excluding hydrogens is 508 g/mol. The Morgan fingerprint density at radius 1 is 0.585 bits per heavy atom. The Bertz CT molecular complexity index is 893. The highest BCUT2D eigenvalue weighted by Gasteiger charge is 2.43. The molecule has 8 nitrogen and oxygen atoms in total. The first-order valence-electron chi connectivity index (χ1n) is 16.4. The van der Waals surface area contributed by atoms with Gasteiger partial charge in [0.15, 0.2) is 0 Å². The molecule has 2 N–H and O–H groups in total. The fourth-order valence-electron chi connectivity index (χ4n) is 8.13. The normalized spacial score (nSPS) is 22.2. The zero-order chi connectivity index (χ0) is 31.0. The van der Waals surface area contributed by atoms with Gasteiger partial charge in [0.05, 0.1) is 0 Å². The lowest BCUT2D eigenvalue weighted by atomic mass is 9.78. The molecule has 0 bridgehead atoms. The van der Waals surface area contributed by atoms with E-state index < -0.39 is 0 Å². The van der Waals surface area contributed by atoms with Crippen LogP contribution in [0.2, 0.25) is 0 Å². The van der Waals surface area contributed by atoms with E-state index in [0.29, 0.717) is 12.1 Å². The second-order valence-electron chi connectivity index (χ2n) is 16.1. The molecule has 2 aliphatic heterocycles. The Morgan fingerprint density at radius 2 is 0.878 bits per heavy atom. The Hall–Kier alpha value is -1.67. The molecule has 0 radical (unpaired) electrons. The topological polar surface area (TPSA) is 72.5 Å². The van der Waals surface area contributed by atoms with Crippen molar-refractivity contribution < 1.29 is 0 Å². The van der Waals surface area contributed by atoms with Crippen molar-refractivity contribution in [3.8, 4) is 0 Å². The number of aromatic nitrogens is 3. The van der Waals surface area contributed by atoms with Crippen LogP contribution in [-0.4, -0.2) is 74.4 Å². The van der Waals surface area contributed by atoms with E-state index in [0.717, 1.165) is 69.5 Å². The van der Waals surface area contributed by atoms with Crippen molar-refractivity contribution in [3.05, 3.63) is 0 Å². The van der Waals surface area contributed by atoms with E-state index in [1.165, 1.54) is 0 Å². The maximum Gasteiger partial charge on any atom is 0.232 e. The van der Waals surface area contributed by atoms with Crippen LogP contribution in [0.15, 0.2) is 0 Å². The Balaban J connectivity index is 2.20. The van der Waals surface area contributed by atoms with Gasteiger partial charge in [0.2, 0.25) is 17.8 Å².